The van der Waals surface area contributed by atoms with Crippen LogP contribution in [-0.2, 0) is 6.42 Å². The number of hydrogen-bond acceptors (Lipinski definition) is 5. The molecule has 0 saturated carbocycles. The summed E-state index contributed by atoms with van der Waals surface area (Å²) in [6, 6.07) is 9.44. The number of amides is 2. The van der Waals surface area contributed by atoms with Crippen LogP contribution >= 0.6 is 11.3 Å². The van der Waals surface area contributed by atoms with E-state index < -0.39 is 11.8 Å². The van der Waals surface area contributed by atoms with Crippen LogP contribution in [-0.4, -0.2) is 17.6 Å². The summed E-state index contributed by atoms with van der Waals surface area (Å²) in [5.41, 5.74) is 8.34. The first-order chi connectivity index (χ1) is 14.6. The number of Topliss-reactive ketones (excluding diaryl/α,β-unsaturated/α-hetero) is 1. The molecule has 0 fully saturated rings. The molecule has 0 unspecified atom stereocenters. The van der Waals surface area contributed by atoms with Crippen molar-refractivity contribution in [2.45, 2.75) is 40.5 Å². The van der Waals surface area contributed by atoms with Crippen LogP contribution in [0.3, 0.4) is 0 Å². The van der Waals surface area contributed by atoms with Gasteiger partial charge in [-0.2, -0.15) is 0 Å². The number of rotatable bonds is 4. The molecule has 0 aliphatic heterocycles. The topological polar surface area (TPSA) is 102 Å². The number of anilines is 1. The van der Waals surface area contributed by atoms with Gasteiger partial charge in [0.25, 0.3) is 11.8 Å². The number of thiophene rings is 1. The van der Waals surface area contributed by atoms with Gasteiger partial charge in [-0.25, -0.2) is 0 Å². The SMILES string of the molecule is Cc1sc(NC(=O)c2oc3c(c2C)C(=O)CC(C)(C)C3)c(C(N)=O)c1-c1ccccc1. The zero-order chi connectivity index (χ0) is 22.5. The van der Waals surface area contributed by atoms with E-state index in [0.717, 1.165) is 10.4 Å². The van der Waals surface area contributed by atoms with E-state index in [1.54, 1.807) is 6.92 Å². The Hall–Kier alpha value is -3.19. The first-order valence-corrected chi connectivity index (χ1v) is 10.9. The first kappa shape index (κ1) is 21.1. The van der Waals surface area contributed by atoms with Crippen LogP contribution in [0.15, 0.2) is 34.7 Å². The van der Waals surface area contributed by atoms with Gasteiger partial charge in [-0.05, 0) is 24.8 Å². The smallest absolute Gasteiger partial charge is 0.292 e. The second-order valence-electron chi connectivity index (χ2n) is 8.72. The van der Waals surface area contributed by atoms with Crippen LogP contribution in [0.4, 0.5) is 5.00 Å². The summed E-state index contributed by atoms with van der Waals surface area (Å²) < 4.78 is 5.85. The zero-order valence-electron chi connectivity index (χ0n) is 17.9. The minimum absolute atomic E-state index is 0.0114. The van der Waals surface area contributed by atoms with Crippen molar-refractivity contribution in [2.75, 3.05) is 5.32 Å². The Morgan fingerprint density at radius 1 is 1.10 bits per heavy atom. The van der Waals surface area contributed by atoms with Crippen molar-refractivity contribution in [1.29, 1.82) is 0 Å². The Kier molecular flexibility index (Phi) is 5.09. The van der Waals surface area contributed by atoms with Crippen LogP contribution in [0.5, 0.6) is 0 Å². The van der Waals surface area contributed by atoms with Crippen molar-refractivity contribution >= 4 is 33.9 Å². The Morgan fingerprint density at radius 2 is 1.77 bits per heavy atom. The Labute approximate surface area is 184 Å². The average Bonchev–Trinajstić information content (AvgIpc) is 3.18. The lowest BCUT2D eigenvalue weighted by Gasteiger charge is -2.27. The van der Waals surface area contributed by atoms with Crippen molar-refractivity contribution in [3.63, 3.8) is 0 Å². The molecule has 6 nitrogen and oxygen atoms in total. The van der Waals surface area contributed by atoms with E-state index in [-0.39, 0.29) is 22.5 Å². The standard InChI is InChI=1S/C24H24N2O4S/c1-12-17-15(27)10-24(3,4)11-16(17)30-20(12)22(29)26-23-19(21(25)28)18(13(2)31-23)14-8-6-5-7-9-14/h5-9H,10-11H2,1-4H3,(H2,25,28)(H,26,29). The summed E-state index contributed by atoms with van der Waals surface area (Å²) in [7, 11) is 0. The fourth-order valence-corrected chi connectivity index (χ4v) is 5.36. The third-order valence-electron chi connectivity index (χ3n) is 5.60. The third-order valence-corrected chi connectivity index (χ3v) is 6.62. The van der Waals surface area contributed by atoms with E-state index in [4.69, 9.17) is 10.2 Å². The molecule has 160 valence electrons. The van der Waals surface area contributed by atoms with E-state index in [1.165, 1.54) is 11.3 Å². The lowest BCUT2D eigenvalue weighted by Crippen LogP contribution is -2.26. The van der Waals surface area contributed by atoms with Crippen molar-refractivity contribution in [3.8, 4) is 11.1 Å². The molecule has 4 rings (SSSR count). The minimum atomic E-state index is -0.620. The molecule has 0 atom stereocenters. The molecule has 2 aromatic heterocycles. The summed E-state index contributed by atoms with van der Waals surface area (Å²) >= 11 is 1.29. The molecule has 31 heavy (non-hydrogen) atoms. The maximum absolute atomic E-state index is 13.1. The highest BCUT2D eigenvalue weighted by Gasteiger charge is 2.37. The number of fused-ring (bicyclic) bond motifs is 1. The third kappa shape index (κ3) is 3.70. The molecular weight excluding hydrogens is 412 g/mol. The second-order valence-corrected chi connectivity index (χ2v) is 9.94. The van der Waals surface area contributed by atoms with Gasteiger partial charge in [-0.15, -0.1) is 11.3 Å². The number of nitrogens with two attached hydrogens (primary N) is 1. The second kappa shape index (κ2) is 7.50. The van der Waals surface area contributed by atoms with Gasteiger partial charge in [0.2, 0.25) is 0 Å². The Morgan fingerprint density at radius 3 is 2.42 bits per heavy atom. The van der Waals surface area contributed by atoms with Crippen molar-refractivity contribution < 1.29 is 18.8 Å². The molecular formula is C24H24N2O4S. The predicted octanol–water partition coefficient (Wildman–Crippen LogP) is 5.13. The van der Waals surface area contributed by atoms with Crippen molar-refractivity contribution in [2.24, 2.45) is 11.1 Å². The maximum atomic E-state index is 13.1. The Bertz CT molecular complexity index is 1220. The highest BCUT2D eigenvalue weighted by molar-refractivity contribution is 7.17. The monoisotopic (exact) mass is 436 g/mol. The lowest BCUT2D eigenvalue weighted by atomic mass is 9.76. The number of benzene rings is 1. The maximum Gasteiger partial charge on any atom is 0.292 e. The number of ketones is 1. The van der Waals surface area contributed by atoms with Gasteiger partial charge in [0.05, 0.1) is 11.1 Å². The zero-order valence-corrected chi connectivity index (χ0v) is 18.7. The van der Waals surface area contributed by atoms with Crippen molar-refractivity contribution in [3.05, 3.63) is 63.4 Å². The molecule has 0 bridgehead atoms. The number of nitrogens with one attached hydrogen (secondary N) is 1. The van der Waals surface area contributed by atoms with Gasteiger partial charge in [-0.3, -0.25) is 14.4 Å². The molecule has 2 amide bonds. The summed E-state index contributed by atoms with van der Waals surface area (Å²) in [6.45, 7) is 7.61. The van der Waals surface area contributed by atoms with E-state index in [0.29, 0.717) is 40.3 Å². The van der Waals surface area contributed by atoms with Gasteiger partial charge in [0.15, 0.2) is 11.5 Å². The van der Waals surface area contributed by atoms with Crippen LogP contribution in [0.25, 0.3) is 11.1 Å². The normalized spacial score (nSPS) is 14.9. The summed E-state index contributed by atoms with van der Waals surface area (Å²) in [5, 5.41) is 3.17. The molecule has 0 radical (unpaired) electrons. The summed E-state index contributed by atoms with van der Waals surface area (Å²) in [5.74, 6) is -0.486. The van der Waals surface area contributed by atoms with Gasteiger partial charge < -0.3 is 15.5 Å². The first-order valence-electron chi connectivity index (χ1n) is 10.0. The molecule has 1 aliphatic carbocycles. The van der Waals surface area contributed by atoms with Gasteiger partial charge in [0, 0.05) is 28.8 Å². The van der Waals surface area contributed by atoms with Gasteiger partial charge in [0.1, 0.15) is 10.8 Å². The van der Waals surface area contributed by atoms with E-state index in [1.807, 2.05) is 51.1 Å². The highest BCUT2D eigenvalue weighted by Crippen LogP contribution is 2.41. The molecule has 2 heterocycles. The highest BCUT2D eigenvalue weighted by atomic mass is 32.1. The fourth-order valence-electron chi connectivity index (χ4n) is 4.28. The van der Waals surface area contributed by atoms with E-state index in [9.17, 15) is 14.4 Å². The minimum Gasteiger partial charge on any atom is -0.455 e. The van der Waals surface area contributed by atoms with E-state index >= 15 is 0 Å². The number of carbonyl (C=O) groups excluding carboxylic acids is 3. The molecule has 1 aliphatic rings. The number of carbonyl (C=O) groups is 3. The average molecular weight is 437 g/mol. The summed E-state index contributed by atoms with van der Waals surface area (Å²) in [4.78, 5) is 38.9. The quantitative estimate of drug-likeness (QED) is 0.592. The fraction of sp³-hybridized carbons (Fsp3) is 0.292. The molecule has 0 spiro atoms. The van der Waals surface area contributed by atoms with Crippen molar-refractivity contribution in [1.82, 2.24) is 0 Å². The predicted molar refractivity (Wildman–Crippen MR) is 121 cm³/mol. The largest absolute Gasteiger partial charge is 0.455 e. The Balaban J connectivity index is 1.73. The molecule has 7 heteroatoms. The van der Waals surface area contributed by atoms with Gasteiger partial charge >= 0.3 is 0 Å². The van der Waals surface area contributed by atoms with Crippen LogP contribution in [0.2, 0.25) is 0 Å². The van der Waals surface area contributed by atoms with Gasteiger partial charge in [-0.1, -0.05) is 44.2 Å². The van der Waals surface area contributed by atoms with E-state index in [2.05, 4.69) is 5.32 Å². The van der Waals surface area contributed by atoms with Crippen LogP contribution < -0.4 is 11.1 Å². The van der Waals surface area contributed by atoms with Crippen LogP contribution in [0.1, 0.15) is 67.7 Å². The molecule has 3 aromatic rings. The molecule has 0 saturated heterocycles. The number of furan rings is 1. The molecule has 1 aromatic carbocycles. The van der Waals surface area contributed by atoms with Crippen LogP contribution in [0, 0.1) is 19.3 Å². The number of primary amides is 1. The number of aryl methyl sites for hydroxylation is 1. The molecule has 3 N–H and O–H groups in total. The number of hydrogen-bond donors (Lipinski definition) is 2. The summed E-state index contributed by atoms with van der Waals surface area (Å²) in [6.07, 6.45) is 1.00. The lowest BCUT2D eigenvalue weighted by molar-refractivity contribution is 0.0898.